The minimum atomic E-state index is -4.90. The monoisotopic (exact) mass is 514 g/mol. The highest BCUT2D eigenvalue weighted by Gasteiger charge is 2.41. The molecule has 4 rings (SSSR count). The first kappa shape index (κ1) is 26.5. The molecule has 0 bridgehead atoms. The normalized spacial score (nSPS) is 21.2. The number of hydrazine groups is 1. The van der Waals surface area contributed by atoms with E-state index in [-0.39, 0.29) is 36.8 Å². The number of hydrogen-bond donors (Lipinski definition) is 0. The van der Waals surface area contributed by atoms with Gasteiger partial charge in [0, 0.05) is 31.0 Å². The fourth-order valence-electron chi connectivity index (χ4n) is 5.16. The van der Waals surface area contributed by atoms with Gasteiger partial charge >= 0.3 is 12.4 Å². The molecule has 4 nitrogen and oxygen atoms in total. The van der Waals surface area contributed by atoms with Gasteiger partial charge in [-0.25, -0.2) is 5.01 Å². The first-order valence-corrected chi connectivity index (χ1v) is 11.9. The predicted molar refractivity (Wildman–Crippen MR) is 121 cm³/mol. The Morgan fingerprint density at radius 1 is 0.944 bits per heavy atom. The summed E-state index contributed by atoms with van der Waals surface area (Å²) in [6.07, 6.45) is -7.23. The van der Waals surface area contributed by atoms with E-state index in [9.17, 15) is 31.1 Å². The quantitative estimate of drug-likeness (QED) is 0.431. The Hall–Kier alpha value is -2.59. The maximum absolute atomic E-state index is 13.2. The fourth-order valence-corrected chi connectivity index (χ4v) is 5.16. The van der Waals surface area contributed by atoms with Crippen LogP contribution in [0.25, 0.3) is 0 Å². The van der Waals surface area contributed by atoms with Gasteiger partial charge in [0.2, 0.25) is 5.91 Å². The summed E-state index contributed by atoms with van der Waals surface area (Å²) in [5.41, 5.74) is -2.38. The molecule has 196 valence electrons. The predicted octanol–water partition coefficient (Wildman–Crippen LogP) is 6.20. The van der Waals surface area contributed by atoms with Crippen molar-refractivity contribution in [3.8, 4) is 0 Å². The van der Waals surface area contributed by atoms with E-state index in [1.165, 1.54) is 0 Å². The Morgan fingerprint density at radius 2 is 1.53 bits per heavy atom. The number of piperidine rings is 1. The summed E-state index contributed by atoms with van der Waals surface area (Å²) in [6, 6.07) is 11.2. The minimum absolute atomic E-state index is 0.0935. The average molecular weight is 515 g/mol. The van der Waals surface area contributed by atoms with E-state index in [2.05, 4.69) is 0 Å². The third kappa shape index (κ3) is 5.70. The smallest absolute Gasteiger partial charge is 0.376 e. The molecule has 1 amide bonds. The van der Waals surface area contributed by atoms with Crippen molar-refractivity contribution in [2.75, 3.05) is 19.7 Å². The topological polar surface area (TPSA) is 32.8 Å². The fraction of sp³-hybridized carbons (Fsp3) is 0.500. The molecule has 0 spiro atoms. The molecule has 2 aromatic carbocycles. The van der Waals surface area contributed by atoms with E-state index in [0.29, 0.717) is 44.5 Å². The van der Waals surface area contributed by atoms with Crippen LogP contribution in [0, 0.1) is 0 Å². The van der Waals surface area contributed by atoms with Crippen LogP contribution in [0.15, 0.2) is 48.5 Å². The molecule has 2 heterocycles. The Labute approximate surface area is 205 Å². The Bertz CT molecular complexity index is 1030. The number of ether oxygens (including phenoxy) is 1. The lowest BCUT2D eigenvalue weighted by atomic mass is 9.73. The third-order valence-corrected chi connectivity index (χ3v) is 7.13. The average Bonchev–Trinajstić information content (AvgIpc) is 3.16. The number of alkyl halides is 6. The standard InChI is InChI=1S/C26H28F6N2O2/c1-18-7-8-23(35)34(18)33-11-9-24(10-12-33,20-5-3-2-4-6-20)17-36-16-19-13-21(25(27,28)29)15-22(14-19)26(30,31)32/h2-6,13-15,18H,7-12,16-17H2,1H3. The van der Waals surface area contributed by atoms with Gasteiger partial charge in [-0.3, -0.25) is 9.80 Å². The summed E-state index contributed by atoms with van der Waals surface area (Å²) in [6.45, 7) is 2.95. The summed E-state index contributed by atoms with van der Waals surface area (Å²) in [4.78, 5) is 12.3. The molecule has 2 aliphatic rings. The first-order valence-electron chi connectivity index (χ1n) is 11.9. The van der Waals surface area contributed by atoms with Crippen LogP contribution in [0.3, 0.4) is 0 Å². The van der Waals surface area contributed by atoms with Gasteiger partial charge in [0.25, 0.3) is 0 Å². The molecule has 2 aliphatic heterocycles. The molecular weight excluding hydrogens is 486 g/mol. The third-order valence-electron chi connectivity index (χ3n) is 7.13. The molecule has 1 unspecified atom stereocenters. The molecule has 0 saturated carbocycles. The van der Waals surface area contributed by atoms with Crippen molar-refractivity contribution in [3.63, 3.8) is 0 Å². The Kier molecular flexibility index (Phi) is 7.39. The van der Waals surface area contributed by atoms with Gasteiger partial charge in [-0.05, 0) is 55.5 Å². The van der Waals surface area contributed by atoms with E-state index in [1.807, 2.05) is 47.3 Å². The molecule has 0 aromatic heterocycles. The molecule has 0 N–H and O–H groups in total. The molecular formula is C26H28F6N2O2. The Morgan fingerprint density at radius 3 is 2.03 bits per heavy atom. The number of hydrogen-bond acceptors (Lipinski definition) is 3. The van der Waals surface area contributed by atoms with Crippen LogP contribution in [-0.4, -0.2) is 41.7 Å². The zero-order valence-corrected chi connectivity index (χ0v) is 19.8. The van der Waals surface area contributed by atoms with Crippen molar-refractivity contribution in [2.24, 2.45) is 0 Å². The highest BCUT2D eigenvalue weighted by molar-refractivity contribution is 5.78. The lowest BCUT2D eigenvalue weighted by Crippen LogP contribution is -2.54. The van der Waals surface area contributed by atoms with Gasteiger partial charge in [-0.1, -0.05) is 30.3 Å². The van der Waals surface area contributed by atoms with Gasteiger partial charge in [0.15, 0.2) is 0 Å². The van der Waals surface area contributed by atoms with E-state index in [4.69, 9.17) is 4.74 Å². The van der Waals surface area contributed by atoms with Crippen LogP contribution < -0.4 is 0 Å². The lowest BCUT2D eigenvalue weighted by molar-refractivity contribution is -0.151. The molecule has 1 atom stereocenters. The number of nitrogens with zero attached hydrogens (tertiary/aromatic N) is 2. The van der Waals surface area contributed by atoms with E-state index in [1.54, 1.807) is 0 Å². The molecule has 0 radical (unpaired) electrons. The molecule has 2 aromatic rings. The molecule has 10 heteroatoms. The molecule has 36 heavy (non-hydrogen) atoms. The van der Waals surface area contributed by atoms with Gasteiger partial charge in [0.05, 0.1) is 24.3 Å². The maximum Gasteiger partial charge on any atom is 0.416 e. The number of amides is 1. The second kappa shape index (κ2) is 10.0. The second-order valence-corrected chi connectivity index (χ2v) is 9.63. The van der Waals surface area contributed by atoms with Crippen molar-refractivity contribution < 1.29 is 35.9 Å². The summed E-state index contributed by atoms with van der Waals surface area (Å²) in [5.74, 6) is 0.0935. The van der Waals surface area contributed by atoms with Crippen LogP contribution >= 0.6 is 0 Å². The highest BCUT2D eigenvalue weighted by Crippen LogP contribution is 2.39. The van der Waals surface area contributed by atoms with Crippen LogP contribution in [0.5, 0.6) is 0 Å². The zero-order chi connectivity index (χ0) is 26.1. The van der Waals surface area contributed by atoms with Crippen molar-refractivity contribution in [1.29, 1.82) is 0 Å². The van der Waals surface area contributed by atoms with Crippen LogP contribution in [0.2, 0.25) is 0 Å². The van der Waals surface area contributed by atoms with Gasteiger partial charge in [0.1, 0.15) is 0 Å². The summed E-state index contributed by atoms with van der Waals surface area (Å²) >= 11 is 0. The van der Waals surface area contributed by atoms with Gasteiger partial charge in [-0.15, -0.1) is 0 Å². The highest BCUT2D eigenvalue weighted by atomic mass is 19.4. The molecule has 2 saturated heterocycles. The van der Waals surface area contributed by atoms with Crippen molar-refractivity contribution in [1.82, 2.24) is 10.0 Å². The second-order valence-electron chi connectivity index (χ2n) is 9.63. The SMILES string of the molecule is CC1CCC(=O)N1N1CCC(COCc2cc(C(F)(F)F)cc(C(F)(F)F)c2)(c2ccccc2)CC1. The van der Waals surface area contributed by atoms with Crippen LogP contribution in [0.4, 0.5) is 26.3 Å². The summed E-state index contributed by atoms with van der Waals surface area (Å²) < 4.78 is 85.1. The number of halogens is 6. The first-order chi connectivity index (χ1) is 16.9. The van der Waals surface area contributed by atoms with Crippen molar-refractivity contribution in [3.05, 3.63) is 70.8 Å². The number of rotatable bonds is 6. The van der Waals surface area contributed by atoms with Gasteiger partial charge < -0.3 is 4.74 Å². The Balaban J connectivity index is 1.51. The van der Waals surface area contributed by atoms with Gasteiger partial charge in [-0.2, -0.15) is 26.3 Å². The van der Waals surface area contributed by atoms with Crippen molar-refractivity contribution in [2.45, 2.75) is 63.0 Å². The molecule has 2 fully saturated rings. The lowest BCUT2D eigenvalue weighted by Gasteiger charge is -2.45. The number of carbonyl (C=O) groups is 1. The van der Waals surface area contributed by atoms with E-state index >= 15 is 0 Å². The van der Waals surface area contributed by atoms with E-state index < -0.39 is 28.9 Å². The van der Waals surface area contributed by atoms with E-state index in [0.717, 1.165) is 12.0 Å². The largest absolute Gasteiger partial charge is 0.416 e. The number of carbonyl (C=O) groups excluding carboxylic acids is 1. The van der Waals surface area contributed by atoms with Crippen LogP contribution in [0.1, 0.15) is 54.9 Å². The minimum Gasteiger partial charge on any atom is -0.376 e. The maximum atomic E-state index is 13.2. The number of benzene rings is 2. The molecule has 0 aliphatic carbocycles. The summed E-state index contributed by atoms with van der Waals surface area (Å²) in [7, 11) is 0. The zero-order valence-electron chi connectivity index (χ0n) is 19.8. The van der Waals surface area contributed by atoms with Crippen molar-refractivity contribution >= 4 is 5.91 Å². The summed E-state index contributed by atoms with van der Waals surface area (Å²) in [5, 5.41) is 3.86. The van der Waals surface area contributed by atoms with Crippen LogP contribution in [-0.2, 0) is 33.9 Å².